The Hall–Kier alpha value is -3.46. The number of rotatable bonds is 19. The highest BCUT2D eigenvalue weighted by Gasteiger charge is 2.30. The molecule has 0 aliphatic rings. The van der Waals surface area contributed by atoms with Crippen molar-refractivity contribution in [2.75, 3.05) is 13.1 Å². The van der Waals surface area contributed by atoms with E-state index in [1.165, 1.54) is 0 Å². The highest BCUT2D eigenvalue weighted by atomic mass is 16.4. The molecule has 4 amide bonds. The smallest absolute Gasteiger partial charge is 0.326 e. The number of unbranched alkanes of at least 4 members (excludes halogenated alkanes) is 1. The van der Waals surface area contributed by atoms with Gasteiger partial charge in [-0.1, -0.05) is 13.8 Å². The zero-order valence-electron chi connectivity index (χ0n) is 21.6. The Morgan fingerprint density at radius 3 is 1.86 bits per heavy atom. The van der Waals surface area contributed by atoms with Gasteiger partial charge in [0.1, 0.15) is 18.1 Å². The lowest BCUT2D eigenvalue weighted by molar-refractivity contribution is -0.142. The van der Waals surface area contributed by atoms with E-state index >= 15 is 0 Å². The van der Waals surface area contributed by atoms with Crippen molar-refractivity contribution in [2.45, 2.75) is 83.0 Å². The van der Waals surface area contributed by atoms with Crippen molar-refractivity contribution >= 4 is 35.6 Å². The van der Waals surface area contributed by atoms with Crippen molar-refractivity contribution in [3.8, 4) is 0 Å². The molecule has 0 aliphatic carbocycles. The number of aliphatic carboxylic acids is 1. The summed E-state index contributed by atoms with van der Waals surface area (Å²) in [5.41, 5.74) is 26.8. The third-order valence-electron chi connectivity index (χ3n) is 5.24. The van der Waals surface area contributed by atoms with Crippen LogP contribution >= 0.6 is 0 Å². The second-order valence-corrected chi connectivity index (χ2v) is 9.16. The maximum Gasteiger partial charge on any atom is 0.326 e. The number of carboxylic acid groups (broad SMARTS) is 1. The van der Waals surface area contributed by atoms with Crippen LogP contribution in [0.1, 0.15) is 58.8 Å². The molecule has 0 heterocycles. The van der Waals surface area contributed by atoms with Crippen molar-refractivity contribution in [1.29, 1.82) is 0 Å². The number of carbonyl (C=O) groups excluding carboxylic acids is 4. The Morgan fingerprint density at radius 2 is 1.35 bits per heavy atom. The number of guanidine groups is 1. The predicted octanol–water partition coefficient (Wildman–Crippen LogP) is -3.04. The molecule has 0 spiro atoms. The average molecular weight is 530 g/mol. The van der Waals surface area contributed by atoms with E-state index in [4.69, 9.17) is 28.7 Å². The topological polar surface area (TPSA) is 284 Å². The summed E-state index contributed by atoms with van der Waals surface area (Å²) in [4.78, 5) is 65.0. The Morgan fingerprint density at radius 1 is 0.811 bits per heavy atom. The quantitative estimate of drug-likeness (QED) is 0.0463. The fraction of sp³-hybridized carbons (Fsp3) is 0.727. The minimum atomic E-state index is -1.25. The number of carboxylic acids is 1. The zero-order valence-corrected chi connectivity index (χ0v) is 21.6. The second-order valence-electron chi connectivity index (χ2n) is 9.16. The Balaban J connectivity index is 5.51. The summed E-state index contributed by atoms with van der Waals surface area (Å²) in [6.07, 6.45) is 1.44. The van der Waals surface area contributed by atoms with E-state index in [0.717, 1.165) is 0 Å². The Labute approximate surface area is 216 Å². The summed E-state index contributed by atoms with van der Waals surface area (Å²) in [5, 5.41) is 17.1. The predicted molar refractivity (Wildman–Crippen MR) is 137 cm³/mol. The van der Waals surface area contributed by atoms with Gasteiger partial charge < -0.3 is 49.7 Å². The standard InChI is InChI=1S/C22H43N9O6/c1-12(2)10-16(31-18(33)13(24)11-17(25)32)20(35)29-14(6-3-4-8-23)19(34)30-15(21(36)37)7-5-9-28-22(26)27/h12-16H,3-11,23-24H2,1-2H3,(H2,25,32)(H,29,35)(H,30,34)(H,31,33)(H,36,37)(H4,26,27,28). The van der Waals surface area contributed by atoms with Gasteiger partial charge in [-0.3, -0.25) is 24.2 Å². The molecule has 0 saturated carbocycles. The van der Waals surface area contributed by atoms with Gasteiger partial charge in [-0.05, 0) is 51.0 Å². The van der Waals surface area contributed by atoms with Gasteiger partial charge in [0.15, 0.2) is 5.96 Å². The molecule has 0 saturated heterocycles. The third kappa shape index (κ3) is 15.3. The number of aliphatic imine (C=N–C) groups is 1. The van der Waals surface area contributed by atoms with Gasteiger partial charge in [-0.2, -0.15) is 0 Å². The molecule has 37 heavy (non-hydrogen) atoms. The SMILES string of the molecule is CC(C)CC(NC(=O)C(N)CC(N)=O)C(=O)NC(CCCCN)C(=O)NC(CCCN=C(N)N)C(=O)O. The first kappa shape index (κ1) is 33.5. The van der Waals surface area contributed by atoms with Crippen LogP contribution in [0.2, 0.25) is 0 Å². The van der Waals surface area contributed by atoms with Gasteiger partial charge in [0.05, 0.1) is 12.5 Å². The Kier molecular flexibility index (Phi) is 16.2. The summed E-state index contributed by atoms with van der Waals surface area (Å²) < 4.78 is 0. The average Bonchev–Trinajstić information content (AvgIpc) is 2.78. The lowest BCUT2D eigenvalue weighted by Crippen LogP contribution is -2.57. The fourth-order valence-electron chi connectivity index (χ4n) is 3.36. The molecule has 14 N–H and O–H groups in total. The molecule has 0 aliphatic heterocycles. The Bertz CT molecular complexity index is 802. The number of hydrogen-bond donors (Lipinski definition) is 9. The first-order valence-corrected chi connectivity index (χ1v) is 12.2. The van der Waals surface area contributed by atoms with Crippen LogP contribution in [0, 0.1) is 5.92 Å². The molecular formula is C22H43N9O6. The molecule has 15 heteroatoms. The zero-order chi connectivity index (χ0) is 28.5. The van der Waals surface area contributed by atoms with Crippen LogP contribution in [0.4, 0.5) is 0 Å². The van der Waals surface area contributed by atoms with E-state index in [0.29, 0.717) is 25.8 Å². The molecule has 0 fully saturated rings. The first-order valence-electron chi connectivity index (χ1n) is 12.2. The number of nitrogens with two attached hydrogens (primary N) is 5. The summed E-state index contributed by atoms with van der Waals surface area (Å²) in [6, 6.07) is -4.59. The summed E-state index contributed by atoms with van der Waals surface area (Å²) in [6.45, 7) is 4.23. The normalized spacial score (nSPS) is 14.1. The van der Waals surface area contributed by atoms with Gasteiger partial charge in [0, 0.05) is 6.54 Å². The molecule has 212 valence electrons. The van der Waals surface area contributed by atoms with Gasteiger partial charge in [-0.25, -0.2) is 4.79 Å². The monoisotopic (exact) mass is 529 g/mol. The van der Waals surface area contributed by atoms with Gasteiger partial charge in [0.2, 0.25) is 23.6 Å². The van der Waals surface area contributed by atoms with Crippen molar-refractivity contribution in [3.63, 3.8) is 0 Å². The molecule has 0 bridgehead atoms. The molecule has 15 nitrogen and oxygen atoms in total. The lowest BCUT2D eigenvalue weighted by atomic mass is 10.0. The summed E-state index contributed by atoms with van der Waals surface area (Å²) in [5.74, 6) is -4.25. The number of hydrogen-bond acceptors (Lipinski definition) is 8. The number of primary amides is 1. The van der Waals surface area contributed by atoms with Crippen LogP contribution in [0.5, 0.6) is 0 Å². The van der Waals surface area contributed by atoms with E-state index in [1.54, 1.807) is 0 Å². The van der Waals surface area contributed by atoms with Gasteiger partial charge in [0.25, 0.3) is 0 Å². The minimum absolute atomic E-state index is 0.0189. The van der Waals surface area contributed by atoms with Gasteiger partial charge >= 0.3 is 5.97 Å². The molecule has 0 aromatic heterocycles. The molecule has 0 aromatic carbocycles. The van der Waals surface area contributed by atoms with Crippen molar-refractivity contribution in [1.82, 2.24) is 16.0 Å². The van der Waals surface area contributed by atoms with Crippen LogP contribution in [-0.2, 0) is 24.0 Å². The van der Waals surface area contributed by atoms with E-state index in [1.807, 2.05) is 13.8 Å². The molecular weight excluding hydrogens is 486 g/mol. The molecule has 4 atom stereocenters. The maximum atomic E-state index is 13.1. The van der Waals surface area contributed by atoms with E-state index in [9.17, 15) is 29.1 Å². The van der Waals surface area contributed by atoms with Crippen molar-refractivity contribution < 1.29 is 29.1 Å². The maximum absolute atomic E-state index is 13.1. The van der Waals surface area contributed by atoms with Crippen molar-refractivity contribution in [2.24, 2.45) is 39.6 Å². The number of nitrogens with one attached hydrogen (secondary N) is 3. The van der Waals surface area contributed by atoms with E-state index in [2.05, 4.69) is 20.9 Å². The first-order chi connectivity index (χ1) is 17.3. The largest absolute Gasteiger partial charge is 0.480 e. The summed E-state index contributed by atoms with van der Waals surface area (Å²) >= 11 is 0. The number of carbonyl (C=O) groups is 5. The molecule has 0 aromatic rings. The highest BCUT2D eigenvalue weighted by Crippen LogP contribution is 2.09. The number of amides is 4. The lowest BCUT2D eigenvalue weighted by Gasteiger charge is -2.26. The third-order valence-corrected chi connectivity index (χ3v) is 5.24. The minimum Gasteiger partial charge on any atom is -0.480 e. The van der Waals surface area contributed by atoms with Crippen molar-refractivity contribution in [3.05, 3.63) is 0 Å². The van der Waals surface area contributed by atoms with Crippen LogP contribution < -0.4 is 44.6 Å². The van der Waals surface area contributed by atoms with E-state index in [-0.39, 0.29) is 37.7 Å². The number of nitrogens with zero attached hydrogens (tertiary/aromatic N) is 1. The van der Waals surface area contributed by atoms with Gasteiger partial charge in [-0.15, -0.1) is 0 Å². The molecule has 0 radical (unpaired) electrons. The van der Waals surface area contributed by atoms with E-state index < -0.39 is 60.2 Å². The fourth-order valence-corrected chi connectivity index (χ4v) is 3.36. The summed E-state index contributed by atoms with van der Waals surface area (Å²) in [7, 11) is 0. The van der Waals surface area contributed by atoms with Crippen LogP contribution in [0.25, 0.3) is 0 Å². The van der Waals surface area contributed by atoms with Crippen LogP contribution in [0.15, 0.2) is 4.99 Å². The molecule has 0 rings (SSSR count). The molecule has 4 unspecified atom stereocenters. The van der Waals surface area contributed by atoms with Crippen LogP contribution in [-0.4, -0.2) is 77.9 Å². The van der Waals surface area contributed by atoms with Crippen LogP contribution in [0.3, 0.4) is 0 Å². The second kappa shape index (κ2) is 17.9. The highest BCUT2D eigenvalue weighted by molar-refractivity contribution is 5.95.